The number of carboxylic acid groups (broad SMARTS) is 1. The van der Waals surface area contributed by atoms with E-state index >= 15 is 4.39 Å². The van der Waals surface area contributed by atoms with Crippen LogP contribution in [0.25, 0.3) is 16.6 Å². The third-order valence-electron chi connectivity index (χ3n) is 7.05. The van der Waals surface area contributed by atoms with Crippen LogP contribution in [-0.4, -0.2) is 50.3 Å². The molecule has 2 aromatic heterocycles. The van der Waals surface area contributed by atoms with E-state index in [0.29, 0.717) is 43.1 Å². The van der Waals surface area contributed by atoms with Crippen LogP contribution >= 0.6 is 0 Å². The molecule has 1 saturated heterocycles. The zero-order chi connectivity index (χ0) is 26.9. The summed E-state index contributed by atoms with van der Waals surface area (Å²) in [5.41, 5.74) is 2.37. The topological polar surface area (TPSA) is 105 Å². The summed E-state index contributed by atoms with van der Waals surface area (Å²) >= 11 is 0. The Morgan fingerprint density at radius 2 is 1.90 bits per heavy atom. The van der Waals surface area contributed by atoms with E-state index in [0.717, 1.165) is 17.2 Å². The molecule has 0 amide bonds. The van der Waals surface area contributed by atoms with Crippen LogP contribution in [0.1, 0.15) is 27.5 Å². The predicted octanol–water partition coefficient (Wildman–Crippen LogP) is 3.62. The second-order valence-electron chi connectivity index (χ2n) is 9.50. The highest BCUT2D eigenvalue weighted by atomic mass is 19.1. The summed E-state index contributed by atoms with van der Waals surface area (Å²) in [7, 11) is 0. The standard InChI is InChI=1S/C29H25FN6O3/c30-24-14-22-26(15-27(24)34-12-10-31-25(18-34)20-4-2-1-3-5-20)36(17-23(28(22)37)29(38)39)21-8-6-19(7-9-21)16-35-13-11-32-33-35/h1-9,11,13-15,17,25,31H,10,12,16,18H2,(H,38,39). The van der Waals surface area contributed by atoms with Crippen molar-refractivity contribution in [2.24, 2.45) is 0 Å². The van der Waals surface area contributed by atoms with Crippen molar-refractivity contribution in [3.8, 4) is 5.69 Å². The maximum atomic E-state index is 15.5. The number of nitrogens with zero attached hydrogens (tertiary/aromatic N) is 5. The number of aromatic carboxylic acids is 1. The Balaban J connectivity index is 1.43. The van der Waals surface area contributed by atoms with Crippen molar-refractivity contribution in [3.05, 3.63) is 118 Å². The Kier molecular flexibility index (Phi) is 6.37. The van der Waals surface area contributed by atoms with Gasteiger partial charge in [0.2, 0.25) is 5.43 Å². The molecule has 0 bridgehead atoms. The Morgan fingerprint density at radius 3 is 2.62 bits per heavy atom. The van der Waals surface area contributed by atoms with E-state index in [9.17, 15) is 14.7 Å². The van der Waals surface area contributed by atoms with Gasteiger partial charge in [0.15, 0.2) is 0 Å². The Hall–Kier alpha value is -4.83. The summed E-state index contributed by atoms with van der Waals surface area (Å²) in [4.78, 5) is 26.9. The minimum Gasteiger partial charge on any atom is -0.477 e. The average molecular weight is 525 g/mol. The number of nitrogens with one attached hydrogen (secondary N) is 1. The molecule has 0 radical (unpaired) electrons. The van der Waals surface area contributed by atoms with E-state index in [1.807, 2.05) is 59.5 Å². The van der Waals surface area contributed by atoms with Gasteiger partial charge in [0.05, 0.1) is 23.9 Å². The van der Waals surface area contributed by atoms with Crippen LogP contribution < -0.4 is 15.6 Å². The molecule has 0 spiro atoms. The SMILES string of the molecule is O=C(O)c1cn(-c2ccc(Cn3ccnn3)cc2)c2cc(N3CCNC(c4ccccc4)C3)c(F)cc2c1=O. The van der Waals surface area contributed by atoms with Gasteiger partial charge in [-0.3, -0.25) is 4.79 Å². The second-order valence-corrected chi connectivity index (χ2v) is 9.50. The zero-order valence-corrected chi connectivity index (χ0v) is 20.9. The van der Waals surface area contributed by atoms with Crippen LogP contribution in [0.5, 0.6) is 0 Å². The summed E-state index contributed by atoms with van der Waals surface area (Å²) in [6.07, 6.45) is 4.67. The first-order valence-electron chi connectivity index (χ1n) is 12.6. The third kappa shape index (κ3) is 4.77. The quantitative estimate of drug-likeness (QED) is 0.350. The van der Waals surface area contributed by atoms with Crippen molar-refractivity contribution >= 4 is 22.6 Å². The van der Waals surface area contributed by atoms with E-state index in [1.54, 1.807) is 27.7 Å². The number of hydrogen-bond acceptors (Lipinski definition) is 6. The van der Waals surface area contributed by atoms with Crippen LogP contribution in [0.2, 0.25) is 0 Å². The van der Waals surface area contributed by atoms with E-state index < -0.39 is 22.8 Å². The summed E-state index contributed by atoms with van der Waals surface area (Å²) < 4.78 is 18.9. The van der Waals surface area contributed by atoms with Gasteiger partial charge in [-0.2, -0.15) is 0 Å². The first-order chi connectivity index (χ1) is 19.0. The zero-order valence-electron chi connectivity index (χ0n) is 20.9. The highest BCUT2D eigenvalue weighted by Crippen LogP contribution is 2.30. The minimum absolute atomic E-state index is 0.0117. The van der Waals surface area contributed by atoms with Crippen molar-refractivity contribution in [2.75, 3.05) is 24.5 Å². The van der Waals surface area contributed by atoms with Gasteiger partial charge < -0.3 is 19.9 Å². The number of carbonyl (C=O) groups is 1. The third-order valence-corrected chi connectivity index (χ3v) is 7.05. The lowest BCUT2D eigenvalue weighted by atomic mass is 10.0. The molecule has 1 fully saturated rings. The van der Waals surface area contributed by atoms with Crippen molar-refractivity contribution < 1.29 is 14.3 Å². The van der Waals surface area contributed by atoms with Gasteiger partial charge in [-0.1, -0.05) is 47.7 Å². The first-order valence-corrected chi connectivity index (χ1v) is 12.6. The normalized spacial score (nSPS) is 15.5. The van der Waals surface area contributed by atoms with Crippen LogP contribution in [-0.2, 0) is 6.54 Å². The Bertz CT molecular complexity index is 1700. The molecule has 0 saturated carbocycles. The maximum absolute atomic E-state index is 15.5. The lowest BCUT2D eigenvalue weighted by Crippen LogP contribution is -2.46. The van der Waals surface area contributed by atoms with E-state index in [2.05, 4.69) is 15.6 Å². The maximum Gasteiger partial charge on any atom is 0.341 e. The van der Waals surface area contributed by atoms with Crippen LogP contribution in [0.4, 0.5) is 10.1 Å². The number of anilines is 1. The largest absolute Gasteiger partial charge is 0.477 e. The summed E-state index contributed by atoms with van der Waals surface area (Å²) in [5.74, 6) is -1.93. The van der Waals surface area contributed by atoms with Gasteiger partial charge in [0.25, 0.3) is 0 Å². The molecule has 5 aromatic rings. The second kappa shape index (κ2) is 10.1. The fraction of sp³-hybridized carbons (Fsp3) is 0.172. The number of fused-ring (bicyclic) bond motifs is 1. The summed E-state index contributed by atoms with van der Waals surface area (Å²) in [6, 6.07) is 20.3. The van der Waals surface area contributed by atoms with Crippen molar-refractivity contribution in [1.29, 1.82) is 0 Å². The Morgan fingerprint density at radius 1 is 1.10 bits per heavy atom. The fourth-order valence-corrected chi connectivity index (χ4v) is 5.09. The van der Waals surface area contributed by atoms with Crippen molar-refractivity contribution in [2.45, 2.75) is 12.6 Å². The molecular formula is C29H25FN6O3. The number of rotatable bonds is 6. The number of aromatic nitrogens is 4. The van der Waals surface area contributed by atoms with E-state index in [4.69, 9.17) is 0 Å². The number of hydrogen-bond donors (Lipinski definition) is 2. The van der Waals surface area contributed by atoms with E-state index in [-0.39, 0.29) is 11.4 Å². The predicted molar refractivity (Wildman–Crippen MR) is 145 cm³/mol. The molecule has 6 rings (SSSR count). The van der Waals surface area contributed by atoms with Crippen molar-refractivity contribution in [1.82, 2.24) is 24.9 Å². The van der Waals surface area contributed by atoms with Crippen molar-refractivity contribution in [3.63, 3.8) is 0 Å². The lowest BCUT2D eigenvalue weighted by molar-refractivity contribution is 0.0695. The Labute approximate surface area is 222 Å². The average Bonchev–Trinajstić information content (AvgIpc) is 3.47. The molecule has 1 atom stereocenters. The number of piperazine rings is 1. The molecule has 39 heavy (non-hydrogen) atoms. The first kappa shape index (κ1) is 24.5. The molecule has 3 aromatic carbocycles. The van der Waals surface area contributed by atoms with Gasteiger partial charge in [-0.15, -0.1) is 5.10 Å². The van der Waals surface area contributed by atoms with Gasteiger partial charge in [-0.05, 0) is 35.4 Å². The fourth-order valence-electron chi connectivity index (χ4n) is 5.09. The molecule has 0 aliphatic carbocycles. The molecular weight excluding hydrogens is 499 g/mol. The summed E-state index contributed by atoms with van der Waals surface area (Å²) in [6.45, 7) is 2.31. The molecule has 3 heterocycles. The smallest absolute Gasteiger partial charge is 0.341 e. The number of carboxylic acids is 1. The molecule has 1 aliphatic rings. The molecule has 2 N–H and O–H groups in total. The van der Waals surface area contributed by atoms with E-state index in [1.165, 1.54) is 6.20 Å². The molecule has 10 heteroatoms. The van der Waals surface area contributed by atoms with Gasteiger partial charge in [0, 0.05) is 49.1 Å². The highest BCUT2D eigenvalue weighted by molar-refractivity contribution is 5.94. The molecule has 1 aliphatic heterocycles. The van der Waals surface area contributed by atoms with Gasteiger partial charge in [-0.25, -0.2) is 13.9 Å². The molecule has 9 nitrogen and oxygen atoms in total. The lowest BCUT2D eigenvalue weighted by Gasteiger charge is -2.36. The summed E-state index contributed by atoms with van der Waals surface area (Å²) in [5, 5.41) is 21.0. The van der Waals surface area contributed by atoms with Crippen LogP contribution in [0, 0.1) is 5.82 Å². The van der Waals surface area contributed by atoms with Gasteiger partial charge in [0.1, 0.15) is 11.4 Å². The minimum atomic E-state index is -1.37. The molecule has 1 unspecified atom stereocenters. The van der Waals surface area contributed by atoms with Gasteiger partial charge >= 0.3 is 5.97 Å². The van der Waals surface area contributed by atoms with Crippen LogP contribution in [0.15, 0.2) is 90.1 Å². The molecule has 196 valence electrons. The number of benzene rings is 3. The number of halogens is 1. The number of pyridine rings is 1. The monoisotopic (exact) mass is 524 g/mol. The van der Waals surface area contributed by atoms with Crippen LogP contribution in [0.3, 0.4) is 0 Å². The highest BCUT2D eigenvalue weighted by Gasteiger charge is 2.25.